The van der Waals surface area contributed by atoms with E-state index < -0.39 is 23.8 Å². The number of anilines is 2. The summed E-state index contributed by atoms with van der Waals surface area (Å²) in [4.78, 5) is 30.2. The van der Waals surface area contributed by atoms with Gasteiger partial charge in [-0.3, -0.25) is 9.88 Å². The Morgan fingerprint density at radius 1 is 1.10 bits per heavy atom. The normalized spacial score (nSPS) is 14.5. The molecule has 1 aromatic carbocycles. The Morgan fingerprint density at radius 3 is 2.45 bits per heavy atom. The average molecular weight is 405 g/mol. The molecule has 2 aromatic rings. The fraction of sp³-hybridized carbons (Fsp3) is 0.316. The van der Waals surface area contributed by atoms with Crippen LogP contribution in [-0.4, -0.2) is 58.2 Å². The largest absolute Gasteiger partial charge is 0.465 e. The summed E-state index contributed by atoms with van der Waals surface area (Å²) in [5.74, 6) is -1.58. The number of hydrogen-bond acceptors (Lipinski definition) is 4. The van der Waals surface area contributed by atoms with Crippen LogP contribution < -0.4 is 10.6 Å². The van der Waals surface area contributed by atoms with Crippen molar-refractivity contribution in [3.63, 3.8) is 0 Å². The van der Waals surface area contributed by atoms with Gasteiger partial charge in [0.15, 0.2) is 5.82 Å². The second-order valence-corrected chi connectivity index (χ2v) is 6.70. The number of nitrogens with zero attached hydrogens (tertiary/aromatic N) is 3. The Hall–Kier alpha value is -3.27. The highest BCUT2D eigenvalue weighted by Crippen LogP contribution is 2.23. The fourth-order valence-electron chi connectivity index (χ4n) is 2.99. The van der Waals surface area contributed by atoms with Gasteiger partial charge in [-0.2, -0.15) is 0 Å². The molecule has 2 heterocycles. The summed E-state index contributed by atoms with van der Waals surface area (Å²) >= 11 is 0. The van der Waals surface area contributed by atoms with Gasteiger partial charge in [-0.25, -0.2) is 18.4 Å². The Labute approximate surface area is 166 Å². The smallest absolute Gasteiger partial charge is 0.407 e. The number of nitrogens with one attached hydrogen (secondary N) is 2. The first-order valence-electron chi connectivity index (χ1n) is 9.01. The molecule has 0 saturated carbocycles. The fourth-order valence-corrected chi connectivity index (χ4v) is 2.99. The number of piperazine rings is 1. The predicted molar refractivity (Wildman–Crippen MR) is 103 cm³/mol. The van der Waals surface area contributed by atoms with Crippen molar-refractivity contribution in [3.05, 3.63) is 53.4 Å². The second kappa shape index (κ2) is 8.82. The van der Waals surface area contributed by atoms with Gasteiger partial charge in [0.1, 0.15) is 5.82 Å². The van der Waals surface area contributed by atoms with Crippen LogP contribution in [0.1, 0.15) is 11.3 Å². The van der Waals surface area contributed by atoms with Crippen molar-refractivity contribution >= 4 is 23.5 Å². The van der Waals surface area contributed by atoms with Crippen LogP contribution in [0.25, 0.3) is 0 Å². The highest BCUT2D eigenvalue weighted by molar-refractivity contribution is 5.99. The predicted octanol–water partition coefficient (Wildman–Crippen LogP) is 3.11. The van der Waals surface area contributed by atoms with Gasteiger partial charge in [-0.05, 0) is 31.2 Å². The van der Waals surface area contributed by atoms with Crippen molar-refractivity contribution < 1.29 is 23.5 Å². The summed E-state index contributed by atoms with van der Waals surface area (Å²) in [6.45, 7) is 3.05. The van der Waals surface area contributed by atoms with Crippen LogP contribution >= 0.6 is 0 Å². The van der Waals surface area contributed by atoms with Gasteiger partial charge in [0.25, 0.3) is 0 Å². The third kappa shape index (κ3) is 5.17. The number of carbonyl (C=O) groups excluding carboxylic acids is 1. The first-order valence-corrected chi connectivity index (χ1v) is 9.01. The first-order chi connectivity index (χ1) is 13.8. The van der Waals surface area contributed by atoms with E-state index in [1.165, 1.54) is 11.1 Å². The van der Waals surface area contributed by atoms with Crippen LogP contribution in [0.3, 0.4) is 0 Å². The Balaban J connectivity index is 1.66. The standard InChI is InChI=1S/C19H21F2N5O3/c1-12-2-3-13(10-22-12)23-18(27)24-16-5-4-15(20)14(17(16)21)11-25-6-8-26(9-7-25)19(28)29/h2-5,10H,6-9,11H2,1H3,(H,28,29)(H2,23,24,27). The number of pyridine rings is 1. The lowest BCUT2D eigenvalue weighted by Crippen LogP contribution is -2.47. The van der Waals surface area contributed by atoms with Gasteiger partial charge < -0.3 is 20.6 Å². The molecule has 3 rings (SSSR count). The lowest BCUT2D eigenvalue weighted by atomic mass is 10.1. The lowest BCUT2D eigenvalue weighted by molar-refractivity contribution is 0.102. The van der Waals surface area contributed by atoms with E-state index in [4.69, 9.17) is 5.11 Å². The van der Waals surface area contributed by atoms with Crippen LogP contribution in [0.5, 0.6) is 0 Å². The highest BCUT2D eigenvalue weighted by atomic mass is 19.1. The average Bonchev–Trinajstić information content (AvgIpc) is 2.69. The highest BCUT2D eigenvalue weighted by Gasteiger charge is 2.23. The molecule has 0 unspecified atom stereocenters. The molecular weight excluding hydrogens is 384 g/mol. The third-order valence-corrected chi connectivity index (χ3v) is 4.63. The molecule has 1 aliphatic rings. The summed E-state index contributed by atoms with van der Waals surface area (Å²) in [6.07, 6.45) is 0.459. The van der Waals surface area contributed by atoms with Crippen LogP contribution in [0.2, 0.25) is 0 Å². The molecule has 0 aliphatic carbocycles. The quantitative estimate of drug-likeness (QED) is 0.726. The zero-order valence-electron chi connectivity index (χ0n) is 15.8. The Kier molecular flexibility index (Phi) is 6.23. The molecule has 0 radical (unpaired) electrons. The van der Waals surface area contributed by atoms with Crippen molar-refractivity contribution in [2.75, 3.05) is 36.8 Å². The number of carbonyl (C=O) groups is 2. The number of rotatable bonds is 4. The van der Waals surface area contributed by atoms with E-state index in [0.717, 1.165) is 17.8 Å². The van der Waals surface area contributed by atoms with Crippen molar-refractivity contribution in [2.24, 2.45) is 0 Å². The molecule has 1 fully saturated rings. The summed E-state index contributed by atoms with van der Waals surface area (Å²) in [5.41, 5.74) is 0.897. The van der Waals surface area contributed by atoms with Crippen LogP contribution in [0.4, 0.5) is 29.7 Å². The van der Waals surface area contributed by atoms with E-state index in [2.05, 4.69) is 15.6 Å². The van der Waals surface area contributed by atoms with Crippen LogP contribution in [0.15, 0.2) is 30.5 Å². The Bertz CT molecular complexity index is 899. The second-order valence-electron chi connectivity index (χ2n) is 6.70. The first kappa shape index (κ1) is 20.5. The molecule has 154 valence electrons. The van der Waals surface area contributed by atoms with Crippen molar-refractivity contribution in [2.45, 2.75) is 13.5 Å². The van der Waals surface area contributed by atoms with E-state index >= 15 is 0 Å². The maximum Gasteiger partial charge on any atom is 0.407 e. The number of aromatic nitrogens is 1. The minimum Gasteiger partial charge on any atom is -0.465 e. The van der Waals surface area contributed by atoms with Gasteiger partial charge in [0, 0.05) is 44.0 Å². The summed E-state index contributed by atoms with van der Waals surface area (Å²) in [7, 11) is 0. The van der Waals surface area contributed by atoms with Gasteiger partial charge in [0.05, 0.1) is 17.6 Å². The van der Waals surface area contributed by atoms with E-state index in [9.17, 15) is 18.4 Å². The molecule has 0 spiro atoms. The maximum atomic E-state index is 14.8. The zero-order chi connectivity index (χ0) is 21.0. The number of amides is 3. The lowest BCUT2D eigenvalue weighted by Gasteiger charge is -2.33. The minimum absolute atomic E-state index is 0.0237. The molecule has 3 N–H and O–H groups in total. The molecule has 1 saturated heterocycles. The SMILES string of the molecule is Cc1ccc(NC(=O)Nc2ccc(F)c(CN3CCN(C(=O)O)CC3)c2F)cn1. The number of carboxylic acid groups (broad SMARTS) is 1. The molecular formula is C19H21F2N5O3. The molecule has 3 amide bonds. The number of hydrogen-bond donors (Lipinski definition) is 3. The van der Waals surface area contributed by atoms with Crippen molar-refractivity contribution in [1.82, 2.24) is 14.8 Å². The molecule has 10 heteroatoms. The van der Waals surface area contributed by atoms with E-state index in [1.54, 1.807) is 24.0 Å². The number of urea groups is 1. The number of benzene rings is 1. The molecule has 1 aliphatic heterocycles. The summed E-state index contributed by atoms with van der Waals surface area (Å²) < 4.78 is 29.0. The third-order valence-electron chi connectivity index (χ3n) is 4.63. The van der Waals surface area contributed by atoms with Gasteiger partial charge in [-0.1, -0.05) is 0 Å². The summed E-state index contributed by atoms with van der Waals surface area (Å²) in [5, 5.41) is 13.9. The molecule has 29 heavy (non-hydrogen) atoms. The van der Waals surface area contributed by atoms with Crippen molar-refractivity contribution in [3.8, 4) is 0 Å². The molecule has 0 atom stereocenters. The number of aryl methyl sites for hydroxylation is 1. The maximum absolute atomic E-state index is 14.8. The Morgan fingerprint density at radius 2 is 1.83 bits per heavy atom. The number of halogens is 2. The van der Waals surface area contributed by atoms with Crippen LogP contribution in [0, 0.1) is 18.6 Å². The van der Waals surface area contributed by atoms with E-state index in [-0.39, 0.29) is 30.9 Å². The minimum atomic E-state index is -1.01. The van der Waals surface area contributed by atoms with Crippen molar-refractivity contribution in [1.29, 1.82) is 0 Å². The van der Waals surface area contributed by atoms with E-state index in [1.807, 2.05) is 0 Å². The zero-order valence-corrected chi connectivity index (χ0v) is 15.8. The molecule has 0 bridgehead atoms. The van der Waals surface area contributed by atoms with E-state index in [0.29, 0.717) is 18.8 Å². The topological polar surface area (TPSA) is 97.8 Å². The van der Waals surface area contributed by atoms with Gasteiger partial charge >= 0.3 is 12.1 Å². The monoisotopic (exact) mass is 405 g/mol. The molecule has 8 nitrogen and oxygen atoms in total. The summed E-state index contributed by atoms with van der Waals surface area (Å²) in [6, 6.07) is 4.95. The van der Waals surface area contributed by atoms with Crippen LogP contribution in [-0.2, 0) is 6.54 Å². The van der Waals surface area contributed by atoms with Gasteiger partial charge in [0.2, 0.25) is 0 Å². The van der Waals surface area contributed by atoms with Gasteiger partial charge in [-0.15, -0.1) is 0 Å². The molecule has 1 aromatic heterocycles.